The van der Waals surface area contributed by atoms with E-state index in [4.69, 9.17) is 4.98 Å². The molecule has 1 aliphatic heterocycles. The molecule has 0 aliphatic carbocycles. The van der Waals surface area contributed by atoms with Gasteiger partial charge in [-0.3, -0.25) is 9.69 Å². The molecule has 4 aromatic rings. The number of anilines is 2. The average molecular weight is 401 g/mol. The number of amides is 1. The van der Waals surface area contributed by atoms with Gasteiger partial charge >= 0.3 is 0 Å². The molecule has 1 atom stereocenters. The molecular weight excluding hydrogens is 380 g/mol. The molecule has 1 aliphatic rings. The molecule has 5 rings (SSSR count). The molecule has 0 radical (unpaired) electrons. The van der Waals surface area contributed by atoms with Gasteiger partial charge < -0.3 is 9.88 Å². The fourth-order valence-electron chi connectivity index (χ4n) is 3.72. The Kier molecular flexibility index (Phi) is 4.48. The fourth-order valence-corrected chi connectivity index (χ4v) is 4.71. The van der Waals surface area contributed by atoms with E-state index in [2.05, 4.69) is 16.0 Å². The van der Waals surface area contributed by atoms with Gasteiger partial charge in [-0.05, 0) is 36.4 Å². The van der Waals surface area contributed by atoms with Crippen LogP contribution in [0.3, 0.4) is 0 Å². The molecule has 144 valence electrons. The molecule has 0 saturated heterocycles. The van der Waals surface area contributed by atoms with Gasteiger partial charge in [-0.2, -0.15) is 0 Å². The van der Waals surface area contributed by atoms with Gasteiger partial charge in [0.15, 0.2) is 5.16 Å². The SMILES string of the molecule is Cn1c(SCC2Nc3ccccc3C(=O)N2c2ccccc2)nc2ccccc21. The number of benzene rings is 3. The second-order valence-electron chi connectivity index (χ2n) is 6.97. The first-order chi connectivity index (χ1) is 14.2. The molecule has 2 heterocycles. The first-order valence-corrected chi connectivity index (χ1v) is 10.5. The number of carbonyl (C=O) groups is 1. The van der Waals surface area contributed by atoms with E-state index in [9.17, 15) is 4.79 Å². The lowest BCUT2D eigenvalue weighted by Crippen LogP contribution is -2.50. The Bertz CT molecular complexity index is 1190. The van der Waals surface area contributed by atoms with E-state index >= 15 is 0 Å². The molecular formula is C23H20N4OS. The number of aryl methyl sites for hydroxylation is 1. The summed E-state index contributed by atoms with van der Waals surface area (Å²) >= 11 is 1.65. The Hall–Kier alpha value is -3.25. The highest BCUT2D eigenvalue weighted by atomic mass is 32.2. The van der Waals surface area contributed by atoms with Gasteiger partial charge in [-0.15, -0.1) is 0 Å². The van der Waals surface area contributed by atoms with Crippen LogP contribution in [0.15, 0.2) is 84.0 Å². The van der Waals surface area contributed by atoms with Gasteiger partial charge in [0.2, 0.25) is 0 Å². The van der Waals surface area contributed by atoms with Crippen LogP contribution in [0.25, 0.3) is 11.0 Å². The maximum atomic E-state index is 13.3. The zero-order chi connectivity index (χ0) is 19.8. The molecule has 1 aromatic heterocycles. The maximum Gasteiger partial charge on any atom is 0.262 e. The van der Waals surface area contributed by atoms with Gasteiger partial charge in [0, 0.05) is 24.2 Å². The number of fused-ring (bicyclic) bond motifs is 2. The van der Waals surface area contributed by atoms with Gasteiger partial charge in [0.25, 0.3) is 5.91 Å². The summed E-state index contributed by atoms with van der Waals surface area (Å²) in [7, 11) is 2.03. The highest BCUT2D eigenvalue weighted by molar-refractivity contribution is 7.99. The molecule has 0 fully saturated rings. The molecule has 1 unspecified atom stereocenters. The zero-order valence-electron chi connectivity index (χ0n) is 15.9. The van der Waals surface area contributed by atoms with E-state index in [1.54, 1.807) is 11.8 Å². The molecule has 1 N–H and O–H groups in total. The van der Waals surface area contributed by atoms with Crippen LogP contribution in [0.1, 0.15) is 10.4 Å². The first-order valence-electron chi connectivity index (χ1n) is 9.51. The first kappa shape index (κ1) is 17.8. The largest absolute Gasteiger partial charge is 0.363 e. The van der Waals surface area contributed by atoms with Crippen molar-refractivity contribution >= 4 is 40.1 Å². The summed E-state index contributed by atoms with van der Waals surface area (Å²) < 4.78 is 2.10. The van der Waals surface area contributed by atoms with Crippen LogP contribution in [0.2, 0.25) is 0 Å². The molecule has 0 bridgehead atoms. The lowest BCUT2D eigenvalue weighted by atomic mass is 10.1. The van der Waals surface area contributed by atoms with Crippen molar-refractivity contribution in [1.29, 1.82) is 0 Å². The Morgan fingerprint density at radius 1 is 0.966 bits per heavy atom. The number of hydrogen-bond donors (Lipinski definition) is 1. The third kappa shape index (κ3) is 3.15. The van der Waals surface area contributed by atoms with Crippen molar-refractivity contribution < 1.29 is 4.79 Å². The number of para-hydroxylation sites is 4. The topological polar surface area (TPSA) is 50.2 Å². The van der Waals surface area contributed by atoms with E-state index in [0.717, 1.165) is 27.6 Å². The summed E-state index contributed by atoms with van der Waals surface area (Å²) in [5.41, 5.74) is 4.54. The summed E-state index contributed by atoms with van der Waals surface area (Å²) in [6, 6.07) is 25.6. The van der Waals surface area contributed by atoms with Crippen molar-refractivity contribution in [2.75, 3.05) is 16.0 Å². The van der Waals surface area contributed by atoms with Crippen molar-refractivity contribution in [2.24, 2.45) is 7.05 Å². The number of aromatic nitrogens is 2. The van der Waals surface area contributed by atoms with Crippen LogP contribution in [-0.4, -0.2) is 27.4 Å². The van der Waals surface area contributed by atoms with Crippen LogP contribution < -0.4 is 10.2 Å². The lowest BCUT2D eigenvalue weighted by molar-refractivity contribution is 0.0977. The van der Waals surface area contributed by atoms with E-state index in [1.165, 1.54) is 0 Å². The van der Waals surface area contributed by atoms with E-state index in [1.807, 2.05) is 84.7 Å². The molecule has 6 heteroatoms. The normalized spacial score (nSPS) is 16.0. The maximum absolute atomic E-state index is 13.3. The Balaban J connectivity index is 1.48. The van der Waals surface area contributed by atoms with Gasteiger partial charge in [-0.25, -0.2) is 4.98 Å². The standard InChI is InChI=1S/C23H20N4OS/c1-26-20-14-8-7-13-19(20)25-23(26)29-15-21-24-18-12-6-5-11-17(18)22(28)27(21)16-9-3-2-4-10-16/h2-14,21,24H,15H2,1H3. The van der Waals surface area contributed by atoms with E-state index < -0.39 is 0 Å². The predicted molar refractivity (Wildman–Crippen MR) is 119 cm³/mol. The molecule has 29 heavy (non-hydrogen) atoms. The van der Waals surface area contributed by atoms with Gasteiger partial charge in [0.05, 0.1) is 16.6 Å². The minimum atomic E-state index is -0.176. The third-order valence-electron chi connectivity index (χ3n) is 5.16. The fraction of sp³-hybridized carbons (Fsp3) is 0.130. The van der Waals surface area contributed by atoms with Gasteiger partial charge in [-0.1, -0.05) is 54.2 Å². The second-order valence-corrected chi connectivity index (χ2v) is 7.96. The zero-order valence-corrected chi connectivity index (χ0v) is 16.8. The molecule has 5 nitrogen and oxygen atoms in total. The quantitative estimate of drug-likeness (QED) is 0.502. The van der Waals surface area contributed by atoms with Crippen molar-refractivity contribution in [3.63, 3.8) is 0 Å². The molecule has 0 saturated carbocycles. The minimum Gasteiger partial charge on any atom is -0.363 e. The van der Waals surface area contributed by atoms with Crippen LogP contribution in [0.4, 0.5) is 11.4 Å². The Morgan fingerprint density at radius 3 is 2.52 bits per heavy atom. The average Bonchev–Trinajstić information content (AvgIpc) is 3.09. The van der Waals surface area contributed by atoms with E-state index in [0.29, 0.717) is 11.3 Å². The minimum absolute atomic E-state index is 0.0150. The Morgan fingerprint density at radius 2 is 1.69 bits per heavy atom. The number of carbonyl (C=O) groups excluding carboxylic acids is 1. The summed E-state index contributed by atoms with van der Waals surface area (Å²) in [6.07, 6.45) is -0.176. The molecule has 0 spiro atoms. The third-order valence-corrected chi connectivity index (χ3v) is 6.27. The van der Waals surface area contributed by atoms with Crippen molar-refractivity contribution in [1.82, 2.24) is 9.55 Å². The predicted octanol–water partition coefficient (Wildman–Crippen LogP) is 4.76. The monoisotopic (exact) mass is 400 g/mol. The lowest BCUT2D eigenvalue weighted by Gasteiger charge is -2.37. The summed E-state index contributed by atoms with van der Waals surface area (Å²) in [4.78, 5) is 19.9. The number of nitrogens with one attached hydrogen (secondary N) is 1. The van der Waals surface area contributed by atoms with Crippen LogP contribution in [-0.2, 0) is 7.05 Å². The number of thioether (sulfide) groups is 1. The number of rotatable bonds is 4. The number of hydrogen-bond acceptors (Lipinski definition) is 4. The van der Waals surface area contributed by atoms with Crippen molar-refractivity contribution in [2.45, 2.75) is 11.3 Å². The smallest absolute Gasteiger partial charge is 0.262 e. The highest BCUT2D eigenvalue weighted by Crippen LogP contribution is 2.32. The summed E-state index contributed by atoms with van der Waals surface area (Å²) in [5.74, 6) is 0.688. The number of nitrogens with zero attached hydrogens (tertiary/aromatic N) is 3. The molecule has 1 amide bonds. The van der Waals surface area contributed by atoms with Gasteiger partial charge in [0.1, 0.15) is 6.17 Å². The second kappa shape index (κ2) is 7.29. The Labute approximate surface area is 173 Å². The molecule has 3 aromatic carbocycles. The van der Waals surface area contributed by atoms with Crippen molar-refractivity contribution in [3.8, 4) is 0 Å². The van der Waals surface area contributed by atoms with Crippen LogP contribution in [0.5, 0.6) is 0 Å². The summed E-state index contributed by atoms with van der Waals surface area (Å²) in [5, 5.41) is 4.48. The number of imidazole rings is 1. The van der Waals surface area contributed by atoms with Crippen LogP contribution >= 0.6 is 11.8 Å². The summed E-state index contributed by atoms with van der Waals surface area (Å²) in [6.45, 7) is 0. The van der Waals surface area contributed by atoms with Crippen molar-refractivity contribution in [3.05, 3.63) is 84.4 Å². The highest BCUT2D eigenvalue weighted by Gasteiger charge is 2.33. The van der Waals surface area contributed by atoms with E-state index in [-0.39, 0.29) is 12.1 Å². The van der Waals surface area contributed by atoms with Crippen LogP contribution in [0, 0.1) is 0 Å².